The summed E-state index contributed by atoms with van der Waals surface area (Å²) in [5.74, 6) is 0.398. The smallest absolute Gasteiger partial charge is 0.243 e. The Morgan fingerprint density at radius 3 is 2.23 bits per heavy atom. The van der Waals surface area contributed by atoms with E-state index in [1.54, 1.807) is 17.0 Å². The van der Waals surface area contributed by atoms with Gasteiger partial charge < -0.3 is 10.2 Å². The first-order valence-electron chi connectivity index (χ1n) is 10.2. The van der Waals surface area contributed by atoms with E-state index < -0.39 is 11.6 Å². The molecule has 0 saturated heterocycles. The molecule has 4 nitrogen and oxygen atoms in total. The second-order valence-corrected chi connectivity index (χ2v) is 9.28. The molecule has 0 aliphatic carbocycles. The van der Waals surface area contributed by atoms with Crippen molar-refractivity contribution >= 4 is 23.6 Å². The number of nitrogens with zero attached hydrogens (tertiary/aromatic N) is 1. The molecule has 2 rings (SSSR count). The molecule has 0 aliphatic rings. The Hall–Kier alpha value is -2.34. The molecule has 0 saturated carbocycles. The molecule has 0 radical (unpaired) electrons. The van der Waals surface area contributed by atoms with Crippen LogP contribution in [-0.4, -0.2) is 34.0 Å². The maximum atomic E-state index is 13.3. The fourth-order valence-corrected chi connectivity index (χ4v) is 3.94. The summed E-state index contributed by atoms with van der Waals surface area (Å²) in [6.07, 6.45) is 0.498. The molecule has 2 aromatic rings. The molecule has 2 amide bonds. The van der Waals surface area contributed by atoms with E-state index in [0.29, 0.717) is 6.42 Å². The number of nitrogens with one attached hydrogen (secondary N) is 1. The fraction of sp³-hybridized carbons (Fsp3) is 0.417. The Balaban J connectivity index is 2.14. The Morgan fingerprint density at radius 1 is 1.03 bits per heavy atom. The zero-order valence-electron chi connectivity index (χ0n) is 18.2. The molecule has 0 aliphatic heterocycles. The minimum atomic E-state index is -0.584. The van der Waals surface area contributed by atoms with Crippen molar-refractivity contribution < 1.29 is 14.0 Å². The summed E-state index contributed by atoms with van der Waals surface area (Å²) in [6, 6.07) is 15.4. The number of rotatable bonds is 9. The SMILES string of the molecule is CCC(C(=O)NC(C)(C)C)N(Cc1ccc(F)cc1)C(=O)CSCc1ccccc1. The van der Waals surface area contributed by atoms with Crippen LogP contribution in [-0.2, 0) is 21.9 Å². The minimum absolute atomic E-state index is 0.101. The van der Waals surface area contributed by atoms with Crippen LogP contribution in [0.5, 0.6) is 0 Å². The van der Waals surface area contributed by atoms with Crippen LogP contribution < -0.4 is 5.32 Å². The molecule has 1 unspecified atom stereocenters. The van der Waals surface area contributed by atoms with Crippen LogP contribution in [0.1, 0.15) is 45.2 Å². The summed E-state index contributed by atoms with van der Waals surface area (Å²) in [6.45, 7) is 7.91. The van der Waals surface area contributed by atoms with Gasteiger partial charge in [-0.1, -0.05) is 49.4 Å². The molecule has 1 N–H and O–H groups in total. The van der Waals surface area contributed by atoms with Crippen LogP contribution in [0.4, 0.5) is 4.39 Å². The molecule has 0 spiro atoms. The van der Waals surface area contributed by atoms with Crippen molar-refractivity contribution in [2.45, 2.75) is 58.0 Å². The predicted octanol–water partition coefficient (Wildman–Crippen LogP) is 4.78. The minimum Gasteiger partial charge on any atom is -0.350 e. The number of carbonyl (C=O) groups is 2. The highest BCUT2D eigenvalue weighted by Crippen LogP contribution is 2.18. The number of thioether (sulfide) groups is 1. The third-order valence-corrected chi connectivity index (χ3v) is 5.48. The Labute approximate surface area is 183 Å². The van der Waals surface area contributed by atoms with E-state index >= 15 is 0 Å². The third-order valence-electron chi connectivity index (χ3n) is 4.49. The zero-order valence-corrected chi connectivity index (χ0v) is 19.0. The van der Waals surface area contributed by atoms with Crippen molar-refractivity contribution in [1.29, 1.82) is 0 Å². The quantitative estimate of drug-likeness (QED) is 0.623. The largest absolute Gasteiger partial charge is 0.350 e. The molecular weight excluding hydrogens is 399 g/mol. The molecule has 2 aromatic carbocycles. The molecular formula is C24H31FN2O2S. The Bertz CT molecular complexity index is 819. The summed E-state index contributed by atoms with van der Waals surface area (Å²) in [4.78, 5) is 27.6. The van der Waals surface area contributed by atoms with Crippen molar-refractivity contribution in [3.63, 3.8) is 0 Å². The van der Waals surface area contributed by atoms with E-state index in [9.17, 15) is 14.0 Å². The van der Waals surface area contributed by atoms with Crippen molar-refractivity contribution in [3.05, 3.63) is 71.5 Å². The average Bonchev–Trinajstić information content (AvgIpc) is 2.68. The van der Waals surface area contributed by atoms with Gasteiger partial charge in [0.05, 0.1) is 5.75 Å². The summed E-state index contributed by atoms with van der Waals surface area (Å²) < 4.78 is 13.3. The first kappa shape index (κ1) is 23.9. The topological polar surface area (TPSA) is 49.4 Å². The Morgan fingerprint density at radius 2 is 1.67 bits per heavy atom. The summed E-state index contributed by atoms with van der Waals surface area (Å²) in [5.41, 5.74) is 1.55. The predicted molar refractivity (Wildman–Crippen MR) is 122 cm³/mol. The van der Waals surface area contributed by atoms with Crippen molar-refractivity contribution in [3.8, 4) is 0 Å². The Kier molecular flexibility index (Phi) is 8.90. The third kappa shape index (κ3) is 7.82. The van der Waals surface area contributed by atoms with Gasteiger partial charge in [0.15, 0.2) is 0 Å². The van der Waals surface area contributed by atoms with E-state index in [-0.39, 0.29) is 29.9 Å². The fourth-order valence-electron chi connectivity index (χ4n) is 3.07. The number of halogens is 1. The van der Waals surface area contributed by atoms with Crippen LogP contribution in [0, 0.1) is 5.82 Å². The van der Waals surface area contributed by atoms with E-state index in [1.165, 1.54) is 23.9 Å². The van der Waals surface area contributed by atoms with Crippen molar-refractivity contribution in [2.75, 3.05) is 5.75 Å². The van der Waals surface area contributed by atoms with Gasteiger partial charge in [-0.15, -0.1) is 11.8 Å². The molecule has 1 atom stereocenters. The first-order chi connectivity index (χ1) is 14.2. The lowest BCUT2D eigenvalue weighted by atomic mass is 10.1. The molecule has 6 heteroatoms. The van der Waals surface area contributed by atoms with Crippen molar-refractivity contribution in [1.82, 2.24) is 10.2 Å². The average molecular weight is 431 g/mol. The van der Waals surface area contributed by atoms with Gasteiger partial charge in [-0.2, -0.15) is 0 Å². The van der Waals surface area contributed by atoms with Crippen LogP contribution >= 0.6 is 11.8 Å². The van der Waals surface area contributed by atoms with Gasteiger partial charge in [-0.05, 0) is 50.5 Å². The monoisotopic (exact) mass is 430 g/mol. The zero-order chi connectivity index (χ0) is 22.1. The maximum absolute atomic E-state index is 13.3. The van der Waals surface area contributed by atoms with E-state index in [1.807, 2.05) is 58.0 Å². The standard InChI is InChI=1S/C24H31FN2O2S/c1-5-21(23(29)26-24(2,3)4)27(15-18-11-13-20(25)14-12-18)22(28)17-30-16-19-9-7-6-8-10-19/h6-14,21H,5,15-17H2,1-4H3,(H,26,29). The highest BCUT2D eigenvalue weighted by atomic mass is 32.2. The number of amides is 2. The molecule has 162 valence electrons. The van der Waals surface area contributed by atoms with E-state index in [0.717, 1.165) is 16.9 Å². The lowest BCUT2D eigenvalue weighted by Gasteiger charge is -2.33. The van der Waals surface area contributed by atoms with Gasteiger partial charge in [0, 0.05) is 17.8 Å². The lowest BCUT2D eigenvalue weighted by Crippen LogP contribution is -2.53. The summed E-state index contributed by atoms with van der Waals surface area (Å²) >= 11 is 1.53. The molecule has 0 heterocycles. The molecule has 0 aromatic heterocycles. The molecule has 30 heavy (non-hydrogen) atoms. The molecule has 0 bridgehead atoms. The van der Waals surface area contributed by atoms with Crippen LogP contribution in [0.15, 0.2) is 54.6 Å². The number of hydrogen-bond donors (Lipinski definition) is 1. The van der Waals surface area contributed by atoms with Crippen LogP contribution in [0.25, 0.3) is 0 Å². The summed E-state index contributed by atoms with van der Waals surface area (Å²) in [7, 11) is 0. The second-order valence-electron chi connectivity index (χ2n) is 8.29. The summed E-state index contributed by atoms with van der Waals surface area (Å²) in [5, 5.41) is 2.98. The van der Waals surface area contributed by atoms with Crippen LogP contribution in [0.3, 0.4) is 0 Å². The van der Waals surface area contributed by atoms with Gasteiger partial charge >= 0.3 is 0 Å². The van der Waals surface area contributed by atoms with Gasteiger partial charge in [-0.3, -0.25) is 9.59 Å². The van der Waals surface area contributed by atoms with Gasteiger partial charge in [0.25, 0.3) is 0 Å². The lowest BCUT2D eigenvalue weighted by molar-refractivity contribution is -0.140. The number of carbonyl (C=O) groups excluding carboxylic acids is 2. The second kappa shape index (κ2) is 11.2. The van der Waals surface area contributed by atoms with Gasteiger partial charge in [0.2, 0.25) is 11.8 Å². The van der Waals surface area contributed by atoms with E-state index in [4.69, 9.17) is 0 Å². The number of hydrogen-bond acceptors (Lipinski definition) is 3. The number of benzene rings is 2. The molecule has 0 fully saturated rings. The van der Waals surface area contributed by atoms with E-state index in [2.05, 4.69) is 5.32 Å². The van der Waals surface area contributed by atoms with Gasteiger partial charge in [0.1, 0.15) is 11.9 Å². The normalized spacial score (nSPS) is 12.3. The van der Waals surface area contributed by atoms with Crippen molar-refractivity contribution in [2.24, 2.45) is 0 Å². The van der Waals surface area contributed by atoms with Gasteiger partial charge in [-0.25, -0.2) is 4.39 Å². The first-order valence-corrected chi connectivity index (χ1v) is 11.3. The highest BCUT2D eigenvalue weighted by Gasteiger charge is 2.30. The van der Waals surface area contributed by atoms with Crippen LogP contribution in [0.2, 0.25) is 0 Å². The maximum Gasteiger partial charge on any atom is 0.243 e. The highest BCUT2D eigenvalue weighted by molar-refractivity contribution is 7.99.